The summed E-state index contributed by atoms with van der Waals surface area (Å²) in [6, 6.07) is 9.27. The Kier molecular flexibility index (Phi) is 10.7. The summed E-state index contributed by atoms with van der Waals surface area (Å²) in [5, 5.41) is 0. The van der Waals surface area contributed by atoms with Crippen molar-refractivity contribution in [2.75, 3.05) is 39.6 Å². The lowest BCUT2D eigenvalue weighted by Crippen LogP contribution is -2.10. The molecule has 0 N–H and O–H groups in total. The minimum Gasteiger partial charge on any atom is -0.496 e. The smallest absolute Gasteiger partial charge is 0.306 e. The molecule has 15 heteroatoms. The van der Waals surface area contributed by atoms with Crippen LogP contribution in [0.3, 0.4) is 0 Å². The standard InChI is InChI=1S/C30H36O12S3/c1-18(2)12-13-39-24-11-10-21(16-25(24)40-43(7,31)32)27-26(37-5)17-23(29(38-6)30(27)42-45(9,35)36)22-14-19(3)28(20(4)15-22)41-44(8,33)34/h10-12,14-17H,13H2,1-9H3. The van der Waals surface area contributed by atoms with Crippen molar-refractivity contribution in [3.63, 3.8) is 0 Å². The van der Waals surface area contributed by atoms with Crippen molar-refractivity contribution < 1.29 is 52.0 Å². The maximum absolute atomic E-state index is 12.5. The van der Waals surface area contributed by atoms with Crippen LogP contribution in [0.5, 0.6) is 34.5 Å². The maximum Gasteiger partial charge on any atom is 0.306 e. The summed E-state index contributed by atoms with van der Waals surface area (Å²) in [4.78, 5) is 0. The third kappa shape index (κ3) is 9.52. The predicted octanol–water partition coefficient (Wildman–Crippen LogP) is 5.01. The van der Waals surface area contributed by atoms with Gasteiger partial charge in [0, 0.05) is 5.56 Å². The van der Waals surface area contributed by atoms with Crippen molar-refractivity contribution in [2.45, 2.75) is 27.7 Å². The van der Waals surface area contributed by atoms with E-state index >= 15 is 0 Å². The summed E-state index contributed by atoms with van der Waals surface area (Å²) in [6.07, 6.45) is 4.48. The normalized spacial score (nSPS) is 11.8. The summed E-state index contributed by atoms with van der Waals surface area (Å²) in [6.45, 7) is 7.23. The van der Waals surface area contributed by atoms with Gasteiger partial charge in [0.1, 0.15) is 18.1 Å². The van der Waals surface area contributed by atoms with Crippen molar-refractivity contribution in [3.05, 3.63) is 59.2 Å². The lowest BCUT2D eigenvalue weighted by atomic mass is 9.94. The molecule has 0 bridgehead atoms. The van der Waals surface area contributed by atoms with E-state index in [2.05, 4.69) is 0 Å². The van der Waals surface area contributed by atoms with Crippen LogP contribution >= 0.6 is 0 Å². The zero-order chi connectivity index (χ0) is 33.9. The van der Waals surface area contributed by atoms with Crippen LogP contribution < -0.4 is 26.8 Å². The minimum absolute atomic E-state index is 0.00118. The van der Waals surface area contributed by atoms with Crippen molar-refractivity contribution in [2.24, 2.45) is 0 Å². The molecule has 0 saturated heterocycles. The van der Waals surface area contributed by atoms with Gasteiger partial charge in [-0.25, -0.2) is 0 Å². The van der Waals surface area contributed by atoms with Gasteiger partial charge in [0.2, 0.25) is 0 Å². The van der Waals surface area contributed by atoms with Gasteiger partial charge in [0.25, 0.3) is 0 Å². The molecule has 0 saturated carbocycles. The van der Waals surface area contributed by atoms with E-state index < -0.39 is 30.4 Å². The van der Waals surface area contributed by atoms with Gasteiger partial charge in [-0.05, 0) is 86.4 Å². The average Bonchev–Trinajstić information content (AvgIpc) is 2.88. The monoisotopic (exact) mass is 684 g/mol. The lowest BCUT2D eigenvalue weighted by molar-refractivity contribution is 0.347. The Morgan fingerprint density at radius 2 is 1.20 bits per heavy atom. The van der Waals surface area contributed by atoms with E-state index in [0.717, 1.165) is 24.3 Å². The Morgan fingerprint density at radius 1 is 0.644 bits per heavy atom. The molecule has 0 atom stereocenters. The molecule has 0 spiro atoms. The molecular formula is C30H36O12S3. The number of allylic oxidation sites excluding steroid dienone is 1. The molecule has 246 valence electrons. The van der Waals surface area contributed by atoms with Gasteiger partial charge in [-0.3, -0.25) is 0 Å². The highest BCUT2D eigenvalue weighted by molar-refractivity contribution is 7.86. The van der Waals surface area contributed by atoms with Crippen LogP contribution in [0.25, 0.3) is 22.3 Å². The van der Waals surface area contributed by atoms with Gasteiger partial charge in [-0.2, -0.15) is 25.3 Å². The summed E-state index contributed by atoms with van der Waals surface area (Å²) in [5.74, 6) is 0.0183. The van der Waals surface area contributed by atoms with Crippen molar-refractivity contribution in [1.29, 1.82) is 0 Å². The van der Waals surface area contributed by atoms with Gasteiger partial charge in [-0.1, -0.05) is 11.6 Å². The van der Waals surface area contributed by atoms with E-state index in [1.165, 1.54) is 26.4 Å². The van der Waals surface area contributed by atoms with Gasteiger partial charge < -0.3 is 26.8 Å². The first-order chi connectivity index (χ1) is 20.7. The van der Waals surface area contributed by atoms with E-state index in [-0.39, 0.29) is 52.2 Å². The molecule has 0 aliphatic heterocycles. The highest BCUT2D eigenvalue weighted by atomic mass is 32.2. The van der Waals surface area contributed by atoms with Gasteiger partial charge in [0.15, 0.2) is 23.0 Å². The van der Waals surface area contributed by atoms with E-state index in [1.54, 1.807) is 44.2 Å². The Hall–Kier alpha value is -3.95. The molecule has 0 heterocycles. The number of hydrogen-bond donors (Lipinski definition) is 0. The maximum atomic E-state index is 12.5. The number of methoxy groups -OCH3 is 2. The molecule has 45 heavy (non-hydrogen) atoms. The summed E-state index contributed by atoms with van der Waals surface area (Å²) in [7, 11) is -9.27. The Labute approximate surface area is 264 Å². The third-order valence-corrected chi connectivity index (χ3v) is 7.49. The molecule has 0 unspecified atom stereocenters. The van der Waals surface area contributed by atoms with Crippen LogP contribution in [0.1, 0.15) is 25.0 Å². The zero-order valence-electron chi connectivity index (χ0n) is 26.4. The van der Waals surface area contributed by atoms with Crippen LogP contribution in [-0.4, -0.2) is 64.8 Å². The van der Waals surface area contributed by atoms with Gasteiger partial charge in [0.05, 0.1) is 38.6 Å². The molecule has 0 aliphatic rings. The summed E-state index contributed by atoms with van der Waals surface area (Å²) < 4.78 is 106. The second kappa shape index (κ2) is 13.6. The molecule has 0 aromatic heterocycles. The largest absolute Gasteiger partial charge is 0.496 e. The molecule has 12 nitrogen and oxygen atoms in total. The fourth-order valence-corrected chi connectivity index (χ4v) is 5.88. The molecule has 0 radical (unpaired) electrons. The summed E-state index contributed by atoms with van der Waals surface area (Å²) in [5.41, 5.74) is 3.18. The molecule has 3 aromatic rings. The Balaban J connectivity index is 2.37. The first-order valence-electron chi connectivity index (χ1n) is 13.2. The molecule has 3 rings (SSSR count). The van der Waals surface area contributed by atoms with Gasteiger partial charge >= 0.3 is 30.4 Å². The second-order valence-electron chi connectivity index (χ2n) is 10.4. The number of aryl methyl sites for hydroxylation is 2. The number of rotatable bonds is 13. The van der Waals surface area contributed by atoms with Crippen LogP contribution in [0.4, 0.5) is 0 Å². The molecular weight excluding hydrogens is 649 g/mol. The number of benzene rings is 3. The second-order valence-corrected chi connectivity index (χ2v) is 15.1. The van der Waals surface area contributed by atoms with Crippen LogP contribution in [0, 0.1) is 13.8 Å². The van der Waals surface area contributed by atoms with E-state index in [0.29, 0.717) is 22.3 Å². The number of hydrogen-bond acceptors (Lipinski definition) is 12. The minimum atomic E-state index is -4.16. The first kappa shape index (κ1) is 35.5. The highest BCUT2D eigenvalue weighted by Gasteiger charge is 2.28. The topological polar surface area (TPSA) is 158 Å². The SMILES string of the molecule is COc1cc(-c2cc(C)c(OS(C)(=O)=O)c(C)c2)c(OC)c(OS(C)(=O)=O)c1-c1ccc(OCC=C(C)C)c(OS(C)(=O)=O)c1. The summed E-state index contributed by atoms with van der Waals surface area (Å²) >= 11 is 0. The number of ether oxygens (including phenoxy) is 3. The van der Waals surface area contributed by atoms with E-state index in [9.17, 15) is 25.3 Å². The highest BCUT2D eigenvalue weighted by Crippen LogP contribution is 2.52. The average molecular weight is 685 g/mol. The predicted molar refractivity (Wildman–Crippen MR) is 171 cm³/mol. The fraction of sp³-hybridized carbons (Fsp3) is 0.333. The first-order valence-corrected chi connectivity index (χ1v) is 18.7. The van der Waals surface area contributed by atoms with E-state index in [4.69, 9.17) is 26.8 Å². The third-order valence-electron chi connectivity index (χ3n) is 6.07. The Morgan fingerprint density at radius 3 is 1.69 bits per heavy atom. The van der Waals surface area contributed by atoms with Crippen molar-refractivity contribution in [3.8, 4) is 56.8 Å². The van der Waals surface area contributed by atoms with Crippen molar-refractivity contribution >= 4 is 30.4 Å². The molecule has 0 aliphatic carbocycles. The van der Waals surface area contributed by atoms with Gasteiger partial charge in [-0.15, -0.1) is 0 Å². The van der Waals surface area contributed by atoms with Crippen LogP contribution in [-0.2, 0) is 30.4 Å². The fourth-order valence-electron chi connectivity index (χ4n) is 4.40. The quantitative estimate of drug-likeness (QED) is 0.175. The Bertz CT molecular complexity index is 1930. The lowest BCUT2D eigenvalue weighted by Gasteiger charge is -2.22. The van der Waals surface area contributed by atoms with Crippen LogP contribution in [0.2, 0.25) is 0 Å². The molecule has 3 aromatic carbocycles. The zero-order valence-corrected chi connectivity index (χ0v) is 28.8. The van der Waals surface area contributed by atoms with Crippen LogP contribution in [0.15, 0.2) is 48.0 Å². The molecule has 0 fully saturated rings. The van der Waals surface area contributed by atoms with Crippen molar-refractivity contribution in [1.82, 2.24) is 0 Å². The molecule has 0 amide bonds. The van der Waals surface area contributed by atoms with E-state index in [1.807, 2.05) is 13.8 Å².